The van der Waals surface area contributed by atoms with E-state index in [4.69, 9.17) is 0 Å². The molecule has 2 aromatic carbocycles. The molecular weight excluding hydrogens is 263 g/mol. The minimum atomic E-state index is -0.208. The predicted octanol–water partition coefficient (Wildman–Crippen LogP) is 4.40. The van der Waals surface area contributed by atoms with Crippen LogP contribution in [-0.2, 0) is 6.54 Å². The van der Waals surface area contributed by atoms with Crippen LogP contribution in [0.3, 0.4) is 0 Å². The third-order valence-corrected chi connectivity index (χ3v) is 3.67. The van der Waals surface area contributed by atoms with Crippen LogP contribution < -0.4 is 10.2 Å². The highest BCUT2D eigenvalue weighted by Crippen LogP contribution is 2.25. The Bertz CT molecular complexity index is 578. The first-order chi connectivity index (χ1) is 10.1. The molecule has 0 fully saturated rings. The maximum Gasteiger partial charge on any atom is 0.123 e. The molecule has 112 valence electrons. The van der Waals surface area contributed by atoms with Crippen LogP contribution in [0.2, 0.25) is 0 Å². The van der Waals surface area contributed by atoms with E-state index < -0.39 is 0 Å². The van der Waals surface area contributed by atoms with Gasteiger partial charge < -0.3 is 10.2 Å². The number of hydrogen-bond donors (Lipinski definition) is 1. The number of anilines is 2. The van der Waals surface area contributed by atoms with Gasteiger partial charge in [-0.1, -0.05) is 13.0 Å². The van der Waals surface area contributed by atoms with Gasteiger partial charge in [-0.25, -0.2) is 4.39 Å². The first-order valence-corrected chi connectivity index (χ1v) is 7.41. The first kappa shape index (κ1) is 15.5. The molecule has 21 heavy (non-hydrogen) atoms. The quantitative estimate of drug-likeness (QED) is 0.792. The molecule has 2 rings (SSSR count). The van der Waals surface area contributed by atoms with Crippen molar-refractivity contribution >= 4 is 11.4 Å². The lowest BCUT2D eigenvalue weighted by atomic mass is 10.1. The summed E-state index contributed by atoms with van der Waals surface area (Å²) in [5, 5.41) is 3.42. The molecule has 0 bridgehead atoms. The van der Waals surface area contributed by atoms with E-state index in [-0.39, 0.29) is 5.82 Å². The third-order valence-electron chi connectivity index (χ3n) is 3.67. The number of nitrogens with one attached hydrogen (secondary N) is 1. The summed E-state index contributed by atoms with van der Waals surface area (Å²) in [6.07, 6.45) is 1.14. The zero-order valence-corrected chi connectivity index (χ0v) is 13.0. The molecule has 0 amide bonds. The van der Waals surface area contributed by atoms with E-state index in [1.807, 2.05) is 7.05 Å². The smallest absolute Gasteiger partial charge is 0.123 e. The molecule has 0 saturated heterocycles. The van der Waals surface area contributed by atoms with E-state index in [0.29, 0.717) is 0 Å². The van der Waals surface area contributed by atoms with Gasteiger partial charge in [0.2, 0.25) is 0 Å². The number of hydrogen-bond acceptors (Lipinski definition) is 2. The summed E-state index contributed by atoms with van der Waals surface area (Å²) < 4.78 is 13.0. The summed E-state index contributed by atoms with van der Waals surface area (Å²) in [6, 6.07) is 13.0. The number of rotatable bonds is 6. The Labute approximate surface area is 126 Å². The van der Waals surface area contributed by atoms with Crippen LogP contribution in [0.5, 0.6) is 0 Å². The Kier molecular flexibility index (Phi) is 5.34. The average molecular weight is 286 g/mol. The van der Waals surface area contributed by atoms with Crippen molar-refractivity contribution in [3.63, 3.8) is 0 Å². The second-order valence-corrected chi connectivity index (χ2v) is 5.32. The Morgan fingerprint density at radius 1 is 1.05 bits per heavy atom. The molecular formula is C18H23FN2. The minimum absolute atomic E-state index is 0.208. The molecule has 2 aromatic rings. The molecule has 2 nitrogen and oxygen atoms in total. The zero-order chi connectivity index (χ0) is 15.2. The Morgan fingerprint density at radius 3 is 2.33 bits per heavy atom. The fourth-order valence-corrected chi connectivity index (χ4v) is 2.30. The lowest BCUT2D eigenvalue weighted by Crippen LogP contribution is -2.15. The van der Waals surface area contributed by atoms with E-state index in [9.17, 15) is 4.39 Å². The van der Waals surface area contributed by atoms with Crippen LogP contribution in [0.4, 0.5) is 15.8 Å². The molecule has 0 atom stereocenters. The van der Waals surface area contributed by atoms with Crippen LogP contribution >= 0.6 is 0 Å². The monoisotopic (exact) mass is 286 g/mol. The van der Waals surface area contributed by atoms with Crippen molar-refractivity contribution in [1.29, 1.82) is 0 Å². The van der Waals surface area contributed by atoms with Gasteiger partial charge in [0.15, 0.2) is 0 Å². The van der Waals surface area contributed by atoms with Gasteiger partial charge in [-0.3, -0.25) is 0 Å². The SMILES string of the molecule is CCCNCc1ccc(N(C)c2ccc(F)cc2)cc1C. The summed E-state index contributed by atoms with van der Waals surface area (Å²) in [7, 11) is 2.00. The number of halogens is 1. The molecule has 0 unspecified atom stereocenters. The standard InChI is InChI=1S/C18H23FN2/c1-4-11-20-13-15-5-8-18(12-14(15)2)21(3)17-9-6-16(19)7-10-17/h5-10,12,20H,4,11,13H2,1-3H3. The number of aryl methyl sites for hydroxylation is 1. The summed E-state index contributed by atoms with van der Waals surface area (Å²) in [6.45, 7) is 6.24. The Balaban J connectivity index is 2.13. The largest absolute Gasteiger partial charge is 0.345 e. The van der Waals surface area contributed by atoms with E-state index in [0.717, 1.165) is 30.9 Å². The maximum absolute atomic E-state index is 13.0. The lowest BCUT2D eigenvalue weighted by molar-refractivity contribution is 0.628. The topological polar surface area (TPSA) is 15.3 Å². The van der Waals surface area contributed by atoms with Crippen LogP contribution in [0.15, 0.2) is 42.5 Å². The third kappa shape index (κ3) is 4.05. The fraction of sp³-hybridized carbons (Fsp3) is 0.333. The molecule has 0 aliphatic carbocycles. The molecule has 0 aliphatic rings. The van der Waals surface area contributed by atoms with Gasteiger partial charge in [0.1, 0.15) is 5.82 Å². The second-order valence-electron chi connectivity index (χ2n) is 5.32. The molecule has 0 saturated carbocycles. The van der Waals surface area contributed by atoms with Gasteiger partial charge in [-0.05, 0) is 67.4 Å². The van der Waals surface area contributed by atoms with Gasteiger partial charge in [-0.2, -0.15) is 0 Å². The van der Waals surface area contributed by atoms with Gasteiger partial charge in [-0.15, -0.1) is 0 Å². The van der Waals surface area contributed by atoms with Crippen LogP contribution in [0.1, 0.15) is 24.5 Å². The van der Waals surface area contributed by atoms with Crippen molar-refractivity contribution in [2.45, 2.75) is 26.8 Å². The van der Waals surface area contributed by atoms with Gasteiger partial charge >= 0.3 is 0 Å². The Morgan fingerprint density at radius 2 is 1.71 bits per heavy atom. The van der Waals surface area contributed by atoms with Gasteiger partial charge in [0, 0.05) is 25.0 Å². The van der Waals surface area contributed by atoms with Crippen molar-refractivity contribution < 1.29 is 4.39 Å². The molecule has 0 radical (unpaired) electrons. The number of nitrogens with zero attached hydrogens (tertiary/aromatic N) is 1. The molecule has 1 N–H and O–H groups in total. The van der Waals surface area contributed by atoms with Crippen LogP contribution in [-0.4, -0.2) is 13.6 Å². The average Bonchev–Trinajstić information content (AvgIpc) is 2.49. The highest BCUT2D eigenvalue weighted by Gasteiger charge is 2.06. The lowest BCUT2D eigenvalue weighted by Gasteiger charge is -2.21. The van der Waals surface area contributed by atoms with Crippen LogP contribution in [0, 0.1) is 12.7 Å². The highest BCUT2D eigenvalue weighted by atomic mass is 19.1. The first-order valence-electron chi connectivity index (χ1n) is 7.41. The zero-order valence-electron chi connectivity index (χ0n) is 13.0. The van der Waals surface area contributed by atoms with Crippen molar-refractivity contribution in [2.75, 3.05) is 18.5 Å². The summed E-state index contributed by atoms with van der Waals surface area (Å²) in [5.41, 5.74) is 4.68. The summed E-state index contributed by atoms with van der Waals surface area (Å²) >= 11 is 0. The number of benzene rings is 2. The minimum Gasteiger partial charge on any atom is -0.345 e. The normalized spacial score (nSPS) is 10.7. The van der Waals surface area contributed by atoms with E-state index in [1.54, 1.807) is 12.1 Å². The van der Waals surface area contributed by atoms with E-state index in [1.165, 1.54) is 23.3 Å². The van der Waals surface area contributed by atoms with Gasteiger partial charge in [0.25, 0.3) is 0 Å². The van der Waals surface area contributed by atoms with E-state index >= 15 is 0 Å². The Hall–Kier alpha value is -1.87. The predicted molar refractivity (Wildman–Crippen MR) is 87.6 cm³/mol. The fourth-order valence-electron chi connectivity index (χ4n) is 2.30. The van der Waals surface area contributed by atoms with Crippen LogP contribution in [0.25, 0.3) is 0 Å². The molecule has 0 aromatic heterocycles. The highest BCUT2D eigenvalue weighted by molar-refractivity contribution is 5.63. The molecule has 3 heteroatoms. The molecule has 0 aliphatic heterocycles. The van der Waals surface area contributed by atoms with Crippen molar-refractivity contribution in [1.82, 2.24) is 5.32 Å². The second kappa shape index (κ2) is 7.23. The summed E-state index contributed by atoms with van der Waals surface area (Å²) in [5.74, 6) is -0.208. The van der Waals surface area contributed by atoms with Crippen molar-refractivity contribution in [3.8, 4) is 0 Å². The summed E-state index contributed by atoms with van der Waals surface area (Å²) in [4.78, 5) is 2.07. The van der Waals surface area contributed by atoms with Crippen molar-refractivity contribution in [2.24, 2.45) is 0 Å². The van der Waals surface area contributed by atoms with Gasteiger partial charge in [0.05, 0.1) is 0 Å². The molecule has 0 heterocycles. The van der Waals surface area contributed by atoms with Crippen molar-refractivity contribution in [3.05, 3.63) is 59.4 Å². The molecule has 0 spiro atoms. The van der Waals surface area contributed by atoms with E-state index in [2.05, 4.69) is 42.3 Å². The maximum atomic E-state index is 13.0.